The van der Waals surface area contributed by atoms with E-state index in [0.717, 1.165) is 5.56 Å². The van der Waals surface area contributed by atoms with Gasteiger partial charge >= 0.3 is 0 Å². The van der Waals surface area contributed by atoms with Gasteiger partial charge in [-0.1, -0.05) is 18.2 Å². The topological polar surface area (TPSA) is 95.6 Å². The second kappa shape index (κ2) is 6.89. The van der Waals surface area contributed by atoms with Crippen LogP contribution in [0.1, 0.15) is 11.1 Å². The minimum atomic E-state index is -3.85. The van der Waals surface area contributed by atoms with Gasteiger partial charge in [0.1, 0.15) is 0 Å². The molecule has 1 aliphatic heterocycles. The van der Waals surface area contributed by atoms with Crippen LogP contribution in [0.2, 0.25) is 0 Å². The summed E-state index contributed by atoms with van der Waals surface area (Å²) in [4.78, 5) is 25.3. The van der Waals surface area contributed by atoms with E-state index >= 15 is 0 Å². The fourth-order valence-electron chi connectivity index (χ4n) is 2.77. The summed E-state index contributed by atoms with van der Waals surface area (Å²) in [5, 5.41) is 2.67. The van der Waals surface area contributed by atoms with Gasteiger partial charge in [-0.2, -0.15) is 0 Å². The average Bonchev–Trinajstić information content (AvgIpc) is 2.89. The molecule has 8 heteroatoms. The summed E-state index contributed by atoms with van der Waals surface area (Å²) >= 11 is 0. The van der Waals surface area contributed by atoms with Crippen molar-refractivity contribution < 1.29 is 18.0 Å². The maximum atomic E-state index is 12.4. The zero-order valence-electron chi connectivity index (χ0n) is 14.4. The van der Waals surface area contributed by atoms with Gasteiger partial charge in [0.25, 0.3) is 0 Å². The van der Waals surface area contributed by atoms with Crippen molar-refractivity contribution in [1.82, 2.24) is 4.72 Å². The molecular weight excluding hydrogens is 354 g/mol. The maximum Gasteiger partial charge on any atom is 0.241 e. The van der Waals surface area contributed by atoms with Crippen LogP contribution < -0.4 is 14.9 Å². The number of amides is 2. The van der Waals surface area contributed by atoms with Gasteiger partial charge in [0, 0.05) is 18.4 Å². The second-order valence-corrected chi connectivity index (χ2v) is 7.87. The predicted molar refractivity (Wildman–Crippen MR) is 98.6 cm³/mol. The summed E-state index contributed by atoms with van der Waals surface area (Å²) < 4.78 is 27.1. The highest BCUT2D eigenvalue weighted by Gasteiger charge is 2.26. The monoisotopic (exact) mass is 373 g/mol. The van der Waals surface area contributed by atoms with E-state index in [1.54, 1.807) is 25.2 Å². The lowest BCUT2D eigenvalue weighted by molar-refractivity contribution is -0.117. The van der Waals surface area contributed by atoms with Crippen LogP contribution in [0.4, 0.5) is 11.4 Å². The third kappa shape index (κ3) is 3.61. The van der Waals surface area contributed by atoms with Crippen molar-refractivity contribution >= 4 is 33.2 Å². The standard InChI is InChI=1S/C18H19N3O4S/c1-12-5-3-4-6-15(12)20-17(22)11-19-26(24,25)14-7-8-16-13(9-14)10-18(23)21(16)2/h3-9,19H,10-11H2,1-2H3,(H,20,22). The van der Waals surface area contributed by atoms with Crippen molar-refractivity contribution in [2.75, 3.05) is 23.8 Å². The molecule has 3 rings (SSSR count). The largest absolute Gasteiger partial charge is 0.325 e. The molecular formula is C18H19N3O4S. The van der Waals surface area contributed by atoms with Gasteiger partial charge in [0.05, 0.1) is 17.9 Å². The van der Waals surface area contributed by atoms with Crippen molar-refractivity contribution in [2.24, 2.45) is 0 Å². The quantitative estimate of drug-likeness (QED) is 0.829. The highest BCUT2D eigenvalue weighted by molar-refractivity contribution is 7.89. The lowest BCUT2D eigenvalue weighted by Crippen LogP contribution is -2.33. The number of hydrogen-bond acceptors (Lipinski definition) is 4. The molecule has 7 nitrogen and oxygen atoms in total. The average molecular weight is 373 g/mol. The number of carbonyl (C=O) groups excluding carboxylic acids is 2. The molecule has 0 spiro atoms. The van der Waals surface area contributed by atoms with E-state index in [1.165, 1.54) is 17.0 Å². The number of hydrogen-bond donors (Lipinski definition) is 2. The van der Waals surface area contributed by atoms with Crippen LogP contribution in [-0.4, -0.2) is 33.8 Å². The number of benzene rings is 2. The Bertz CT molecular complexity index is 986. The molecule has 0 saturated heterocycles. The number of carbonyl (C=O) groups is 2. The van der Waals surface area contributed by atoms with Gasteiger partial charge in [0.2, 0.25) is 21.8 Å². The summed E-state index contributed by atoms with van der Waals surface area (Å²) in [7, 11) is -2.21. The number of anilines is 2. The Morgan fingerprint density at radius 3 is 2.65 bits per heavy atom. The lowest BCUT2D eigenvalue weighted by Gasteiger charge is -2.12. The van der Waals surface area contributed by atoms with E-state index in [2.05, 4.69) is 10.0 Å². The van der Waals surface area contributed by atoms with Gasteiger partial charge < -0.3 is 10.2 Å². The number of nitrogens with one attached hydrogen (secondary N) is 2. The molecule has 2 amide bonds. The van der Waals surface area contributed by atoms with Crippen LogP contribution in [0, 0.1) is 6.92 Å². The molecule has 1 heterocycles. The van der Waals surface area contributed by atoms with Crippen LogP contribution in [-0.2, 0) is 26.0 Å². The Labute approximate surface area is 152 Å². The highest BCUT2D eigenvalue weighted by atomic mass is 32.2. The first kappa shape index (κ1) is 18.1. The SMILES string of the molecule is Cc1ccccc1NC(=O)CNS(=O)(=O)c1ccc2c(c1)CC(=O)N2C. The molecule has 0 unspecified atom stereocenters. The zero-order chi connectivity index (χ0) is 18.9. The molecule has 136 valence electrons. The number of aryl methyl sites for hydroxylation is 1. The summed E-state index contributed by atoms with van der Waals surface area (Å²) in [5.41, 5.74) is 2.88. The van der Waals surface area contributed by atoms with Crippen LogP contribution in [0.15, 0.2) is 47.4 Å². The molecule has 26 heavy (non-hydrogen) atoms. The van der Waals surface area contributed by atoms with E-state index in [-0.39, 0.29) is 23.8 Å². The lowest BCUT2D eigenvalue weighted by atomic mass is 10.2. The molecule has 0 bridgehead atoms. The fourth-order valence-corrected chi connectivity index (χ4v) is 3.80. The van der Waals surface area contributed by atoms with Crippen molar-refractivity contribution in [3.8, 4) is 0 Å². The Balaban J connectivity index is 1.68. The van der Waals surface area contributed by atoms with Crippen molar-refractivity contribution in [3.63, 3.8) is 0 Å². The number of rotatable bonds is 5. The summed E-state index contributed by atoms with van der Waals surface area (Å²) in [6, 6.07) is 11.7. The molecule has 2 aromatic rings. The molecule has 0 atom stereocenters. The Hall–Kier alpha value is -2.71. The first-order chi connectivity index (χ1) is 12.3. The highest BCUT2D eigenvalue weighted by Crippen LogP contribution is 2.29. The van der Waals surface area contributed by atoms with Crippen LogP contribution >= 0.6 is 0 Å². The van der Waals surface area contributed by atoms with Crippen LogP contribution in [0.25, 0.3) is 0 Å². The maximum absolute atomic E-state index is 12.4. The van der Waals surface area contributed by atoms with Gasteiger partial charge in [-0.15, -0.1) is 0 Å². The number of sulfonamides is 1. The van der Waals surface area contributed by atoms with E-state index in [9.17, 15) is 18.0 Å². The molecule has 2 aromatic carbocycles. The molecule has 0 saturated carbocycles. The predicted octanol–water partition coefficient (Wildman–Crippen LogP) is 1.43. The molecule has 0 fully saturated rings. The molecule has 2 N–H and O–H groups in total. The van der Waals surface area contributed by atoms with Gasteiger partial charge in [-0.3, -0.25) is 9.59 Å². The summed E-state index contributed by atoms with van der Waals surface area (Å²) in [5.74, 6) is -0.543. The summed E-state index contributed by atoms with van der Waals surface area (Å²) in [6.45, 7) is 1.47. The number of likely N-dealkylation sites (N-methyl/N-ethyl adjacent to an activating group) is 1. The van der Waals surface area contributed by atoms with Crippen molar-refractivity contribution in [1.29, 1.82) is 0 Å². The first-order valence-electron chi connectivity index (χ1n) is 8.02. The zero-order valence-corrected chi connectivity index (χ0v) is 15.3. The molecule has 0 radical (unpaired) electrons. The Morgan fingerprint density at radius 2 is 1.92 bits per heavy atom. The van der Waals surface area contributed by atoms with E-state index in [1.807, 2.05) is 19.1 Å². The van der Waals surface area contributed by atoms with Crippen LogP contribution in [0.5, 0.6) is 0 Å². The Morgan fingerprint density at radius 1 is 1.19 bits per heavy atom. The first-order valence-corrected chi connectivity index (χ1v) is 9.51. The third-order valence-electron chi connectivity index (χ3n) is 4.28. The van der Waals surface area contributed by atoms with E-state index < -0.39 is 15.9 Å². The minimum absolute atomic E-state index is 0.0306. The van der Waals surface area contributed by atoms with Gasteiger partial charge in [-0.25, -0.2) is 13.1 Å². The molecule has 0 aliphatic carbocycles. The molecule has 0 aromatic heterocycles. The number of fused-ring (bicyclic) bond motifs is 1. The van der Waals surface area contributed by atoms with Gasteiger partial charge in [-0.05, 0) is 42.3 Å². The fraction of sp³-hybridized carbons (Fsp3) is 0.222. The van der Waals surface area contributed by atoms with Crippen LogP contribution in [0.3, 0.4) is 0 Å². The number of nitrogens with zero attached hydrogens (tertiary/aromatic N) is 1. The minimum Gasteiger partial charge on any atom is -0.325 e. The smallest absolute Gasteiger partial charge is 0.241 e. The summed E-state index contributed by atoms with van der Waals surface area (Å²) in [6.07, 6.45) is 0.170. The normalized spacial score (nSPS) is 13.6. The third-order valence-corrected chi connectivity index (χ3v) is 5.68. The van der Waals surface area contributed by atoms with Gasteiger partial charge in [0.15, 0.2) is 0 Å². The number of para-hydroxylation sites is 1. The Kier molecular flexibility index (Phi) is 4.80. The second-order valence-electron chi connectivity index (χ2n) is 6.11. The van der Waals surface area contributed by atoms with E-state index in [4.69, 9.17) is 0 Å². The van der Waals surface area contributed by atoms with E-state index in [0.29, 0.717) is 16.9 Å². The van der Waals surface area contributed by atoms with Crippen molar-refractivity contribution in [3.05, 3.63) is 53.6 Å². The molecule has 1 aliphatic rings. The van der Waals surface area contributed by atoms with Crippen molar-refractivity contribution in [2.45, 2.75) is 18.2 Å².